The van der Waals surface area contributed by atoms with Gasteiger partial charge in [0.15, 0.2) is 0 Å². The fourth-order valence-corrected chi connectivity index (χ4v) is 2.86. The van der Waals surface area contributed by atoms with Crippen molar-refractivity contribution in [1.82, 2.24) is 5.32 Å². The minimum Gasteiger partial charge on any atom is -0.329 e. The molecule has 1 aliphatic heterocycles. The van der Waals surface area contributed by atoms with Crippen LogP contribution in [0.5, 0.6) is 0 Å². The van der Waals surface area contributed by atoms with Crippen molar-refractivity contribution >= 4 is 11.8 Å². The lowest BCUT2D eigenvalue weighted by Crippen LogP contribution is -2.54. The molecule has 0 amide bonds. The van der Waals surface area contributed by atoms with Crippen molar-refractivity contribution < 1.29 is 0 Å². The first-order valence-corrected chi connectivity index (χ1v) is 5.39. The topological polar surface area (TPSA) is 38.0 Å². The van der Waals surface area contributed by atoms with E-state index in [-0.39, 0.29) is 11.6 Å². The van der Waals surface area contributed by atoms with Crippen LogP contribution in [0.1, 0.15) is 13.3 Å². The second-order valence-corrected chi connectivity index (χ2v) is 4.42. The predicted molar refractivity (Wildman–Crippen MR) is 55.2 cm³/mol. The third-order valence-electron chi connectivity index (χ3n) is 2.27. The van der Waals surface area contributed by atoms with E-state index in [9.17, 15) is 0 Å². The lowest BCUT2D eigenvalue weighted by atomic mass is 9.98. The Kier molecular flexibility index (Phi) is 3.45. The number of rotatable bonds is 3. The van der Waals surface area contributed by atoms with Gasteiger partial charge in [-0.15, -0.1) is 6.42 Å². The summed E-state index contributed by atoms with van der Waals surface area (Å²) in [7, 11) is 0. The van der Waals surface area contributed by atoms with Gasteiger partial charge < -0.3 is 5.73 Å². The Bertz CT molecular complexity index is 179. The van der Waals surface area contributed by atoms with Crippen LogP contribution in [-0.2, 0) is 0 Å². The average molecular weight is 184 g/mol. The van der Waals surface area contributed by atoms with Crippen LogP contribution in [0.15, 0.2) is 0 Å². The highest BCUT2D eigenvalue weighted by Gasteiger charge is 2.33. The van der Waals surface area contributed by atoms with Crippen LogP contribution >= 0.6 is 11.8 Å². The first-order valence-electron chi connectivity index (χ1n) is 4.24. The summed E-state index contributed by atoms with van der Waals surface area (Å²) in [6, 6.07) is 0.132. The summed E-state index contributed by atoms with van der Waals surface area (Å²) in [6.07, 6.45) is 6.44. The molecule has 0 spiro atoms. The first-order chi connectivity index (χ1) is 5.72. The van der Waals surface area contributed by atoms with Gasteiger partial charge in [-0.25, -0.2) is 0 Å². The average Bonchev–Trinajstić information content (AvgIpc) is 2.54. The van der Waals surface area contributed by atoms with Crippen LogP contribution in [-0.4, -0.2) is 29.6 Å². The van der Waals surface area contributed by atoms with Crippen LogP contribution in [0, 0.1) is 12.3 Å². The second kappa shape index (κ2) is 4.18. The summed E-state index contributed by atoms with van der Waals surface area (Å²) >= 11 is 1.95. The number of nitrogens with one attached hydrogen (secondary N) is 1. The van der Waals surface area contributed by atoms with Gasteiger partial charge in [0, 0.05) is 17.8 Å². The molecule has 1 saturated heterocycles. The Morgan fingerprint density at radius 2 is 2.58 bits per heavy atom. The van der Waals surface area contributed by atoms with Gasteiger partial charge in [-0.05, 0) is 19.1 Å². The van der Waals surface area contributed by atoms with Gasteiger partial charge in [0.1, 0.15) is 0 Å². The Morgan fingerprint density at radius 1 is 1.83 bits per heavy atom. The molecule has 2 nitrogen and oxygen atoms in total. The molecule has 1 aliphatic rings. The van der Waals surface area contributed by atoms with Gasteiger partial charge in [-0.1, -0.05) is 5.92 Å². The van der Waals surface area contributed by atoms with E-state index >= 15 is 0 Å². The Balaban J connectivity index is 2.50. The highest BCUT2D eigenvalue weighted by Crippen LogP contribution is 2.27. The summed E-state index contributed by atoms with van der Waals surface area (Å²) in [5.41, 5.74) is 5.83. The lowest BCUT2D eigenvalue weighted by Gasteiger charge is -2.29. The predicted octanol–water partition coefficient (Wildman–Crippen LogP) is 0.432. The van der Waals surface area contributed by atoms with Crippen molar-refractivity contribution in [1.29, 1.82) is 0 Å². The number of thioether (sulfide) groups is 1. The van der Waals surface area contributed by atoms with Crippen molar-refractivity contribution in [3.05, 3.63) is 0 Å². The van der Waals surface area contributed by atoms with Gasteiger partial charge in [0.2, 0.25) is 0 Å². The molecule has 3 heteroatoms. The Labute approximate surface area is 78.7 Å². The zero-order valence-electron chi connectivity index (χ0n) is 7.47. The van der Waals surface area contributed by atoms with Gasteiger partial charge in [0.05, 0.1) is 6.04 Å². The van der Waals surface area contributed by atoms with E-state index in [0.29, 0.717) is 6.54 Å². The van der Waals surface area contributed by atoms with Gasteiger partial charge in [0.25, 0.3) is 0 Å². The molecule has 1 rings (SSSR count). The second-order valence-electron chi connectivity index (χ2n) is 3.32. The van der Waals surface area contributed by atoms with Gasteiger partial charge in [-0.2, -0.15) is 11.8 Å². The summed E-state index contributed by atoms with van der Waals surface area (Å²) in [5, 5.41) is 3.41. The maximum absolute atomic E-state index is 5.73. The largest absolute Gasteiger partial charge is 0.329 e. The summed E-state index contributed by atoms with van der Waals surface area (Å²) in [4.78, 5) is 0. The first kappa shape index (κ1) is 9.91. The summed E-state index contributed by atoms with van der Waals surface area (Å²) in [5.74, 6) is 4.96. The third kappa shape index (κ3) is 2.16. The SMILES string of the molecule is C#CC(C)NC1(CN)CCSC1. The van der Waals surface area contributed by atoms with Crippen molar-refractivity contribution in [2.45, 2.75) is 24.9 Å². The maximum atomic E-state index is 5.73. The molecule has 0 saturated carbocycles. The molecule has 0 aromatic rings. The molecule has 2 atom stereocenters. The zero-order chi connectivity index (χ0) is 9.03. The zero-order valence-corrected chi connectivity index (χ0v) is 8.29. The highest BCUT2D eigenvalue weighted by molar-refractivity contribution is 7.99. The van der Waals surface area contributed by atoms with E-state index < -0.39 is 0 Å². The van der Waals surface area contributed by atoms with Crippen molar-refractivity contribution in [2.24, 2.45) is 5.73 Å². The number of hydrogen-bond donors (Lipinski definition) is 2. The van der Waals surface area contributed by atoms with Crippen molar-refractivity contribution in [3.63, 3.8) is 0 Å². The van der Waals surface area contributed by atoms with Crippen LogP contribution < -0.4 is 11.1 Å². The Morgan fingerprint density at radius 3 is 3.00 bits per heavy atom. The van der Waals surface area contributed by atoms with Gasteiger partial charge in [-0.3, -0.25) is 5.32 Å². The van der Waals surface area contributed by atoms with Crippen LogP contribution in [0.2, 0.25) is 0 Å². The normalized spacial score (nSPS) is 31.4. The van der Waals surface area contributed by atoms with Gasteiger partial charge >= 0.3 is 0 Å². The standard InChI is InChI=1S/C9H16N2S/c1-3-8(2)11-9(6-10)4-5-12-7-9/h1,8,11H,4-7,10H2,2H3. The molecule has 0 aromatic carbocycles. The molecule has 12 heavy (non-hydrogen) atoms. The summed E-state index contributed by atoms with van der Waals surface area (Å²) < 4.78 is 0. The van der Waals surface area contributed by atoms with Crippen LogP contribution in [0.3, 0.4) is 0 Å². The summed E-state index contributed by atoms with van der Waals surface area (Å²) in [6.45, 7) is 2.69. The lowest BCUT2D eigenvalue weighted by molar-refractivity contribution is 0.360. The number of hydrogen-bond acceptors (Lipinski definition) is 3. The molecular formula is C9H16N2S. The van der Waals surface area contributed by atoms with E-state index in [1.165, 1.54) is 5.75 Å². The minimum atomic E-state index is 0.108. The van der Waals surface area contributed by atoms with Crippen LogP contribution in [0.4, 0.5) is 0 Å². The molecule has 2 unspecified atom stereocenters. The molecule has 0 bridgehead atoms. The van der Waals surface area contributed by atoms with E-state index in [1.807, 2.05) is 18.7 Å². The molecule has 1 heterocycles. The molecule has 1 fully saturated rings. The van der Waals surface area contributed by atoms with E-state index in [4.69, 9.17) is 12.2 Å². The van der Waals surface area contributed by atoms with E-state index in [1.54, 1.807) is 0 Å². The van der Waals surface area contributed by atoms with E-state index in [2.05, 4.69) is 11.2 Å². The third-order valence-corrected chi connectivity index (χ3v) is 3.52. The number of nitrogens with two attached hydrogens (primary N) is 1. The quantitative estimate of drug-likeness (QED) is 0.625. The Hall–Kier alpha value is -0.170. The smallest absolute Gasteiger partial charge is 0.0663 e. The maximum Gasteiger partial charge on any atom is 0.0663 e. The molecular weight excluding hydrogens is 168 g/mol. The number of terminal acetylenes is 1. The molecule has 0 aromatic heterocycles. The van der Waals surface area contributed by atoms with Crippen molar-refractivity contribution in [3.8, 4) is 12.3 Å². The molecule has 3 N–H and O–H groups in total. The fourth-order valence-electron chi connectivity index (χ4n) is 1.44. The monoisotopic (exact) mass is 184 g/mol. The molecule has 0 radical (unpaired) electrons. The minimum absolute atomic E-state index is 0.108. The molecule has 0 aliphatic carbocycles. The fraction of sp³-hybridized carbons (Fsp3) is 0.778. The highest BCUT2D eigenvalue weighted by atomic mass is 32.2. The van der Waals surface area contributed by atoms with Crippen molar-refractivity contribution in [2.75, 3.05) is 18.1 Å². The van der Waals surface area contributed by atoms with Crippen LogP contribution in [0.25, 0.3) is 0 Å². The molecule has 68 valence electrons. The van der Waals surface area contributed by atoms with E-state index in [0.717, 1.165) is 12.2 Å².